The van der Waals surface area contributed by atoms with Crippen LogP contribution in [0.25, 0.3) is 0 Å². The summed E-state index contributed by atoms with van der Waals surface area (Å²) in [5, 5.41) is 15.0. The van der Waals surface area contributed by atoms with Gasteiger partial charge >= 0.3 is 0 Å². The van der Waals surface area contributed by atoms with E-state index in [0.29, 0.717) is 19.0 Å². The molecule has 0 saturated heterocycles. The lowest BCUT2D eigenvalue weighted by Gasteiger charge is -2.31. The number of aryl methyl sites for hydroxylation is 1. The number of phenolic OH excluding ortho intramolecular Hbond substituents is 1. The van der Waals surface area contributed by atoms with E-state index in [4.69, 9.17) is 0 Å². The van der Waals surface area contributed by atoms with Crippen LogP contribution in [0.2, 0.25) is 0 Å². The molecule has 1 aliphatic carbocycles. The molecule has 0 spiro atoms. The number of phenols is 1. The van der Waals surface area contributed by atoms with Crippen molar-refractivity contribution in [2.45, 2.75) is 71.4 Å². The van der Waals surface area contributed by atoms with Gasteiger partial charge in [-0.1, -0.05) is 39.0 Å². The van der Waals surface area contributed by atoms with Crippen LogP contribution in [0.1, 0.15) is 79.1 Å². The van der Waals surface area contributed by atoms with Gasteiger partial charge in [-0.2, -0.15) is 5.10 Å². The molecule has 1 aromatic carbocycles. The van der Waals surface area contributed by atoms with Gasteiger partial charge < -0.3 is 10.0 Å². The molecular weight excluding hydrogens is 545 g/mol. The van der Waals surface area contributed by atoms with E-state index in [-0.39, 0.29) is 42.4 Å². The number of anilines is 1. The van der Waals surface area contributed by atoms with E-state index in [1.54, 1.807) is 12.3 Å². The molecule has 0 fully saturated rings. The highest BCUT2D eigenvalue weighted by molar-refractivity contribution is 5.98. The van der Waals surface area contributed by atoms with Crippen molar-refractivity contribution in [3.63, 3.8) is 0 Å². The predicted octanol–water partition coefficient (Wildman–Crippen LogP) is 6.61. The van der Waals surface area contributed by atoms with Crippen LogP contribution in [0, 0.1) is 0 Å². The zero-order valence-electron chi connectivity index (χ0n) is 23.2. The minimum Gasteiger partial charge on any atom is -0.508 e. The van der Waals surface area contributed by atoms with E-state index >= 15 is 0 Å². The molecule has 3 aromatic heterocycles. The van der Waals surface area contributed by atoms with Crippen LogP contribution >= 0.6 is 24.8 Å². The fraction of sp³-hybridized carbons (Fsp3) is 0.355. The Hall–Kier alpha value is -3.42. The second-order valence-electron chi connectivity index (χ2n) is 10.4. The first-order valence-electron chi connectivity index (χ1n) is 13.5. The molecule has 7 nitrogen and oxygen atoms in total. The molecule has 1 aliphatic rings. The maximum absolute atomic E-state index is 14.1. The van der Waals surface area contributed by atoms with Crippen molar-refractivity contribution >= 4 is 36.4 Å². The van der Waals surface area contributed by atoms with E-state index in [9.17, 15) is 9.90 Å². The number of halogens is 2. The molecule has 1 atom stereocenters. The molecule has 4 aromatic rings. The average molecular weight is 583 g/mol. The molecule has 0 bridgehead atoms. The van der Waals surface area contributed by atoms with Gasteiger partial charge in [0.05, 0.1) is 42.8 Å². The standard InChI is InChI=1S/C31H35N5O2.2ClH/c1-4-22-11-12-24(32-15-22)20-35-18-23(16-34-35)19-36(25-13-14-29(21(2)3)33-17-25)31(38)28-9-5-8-27-26(28)7-6-10-30(27)37;;/h6-7,10-18,21,28,37H,4-5,8-9,19-20H2,1-3H3;2*1H. The van der Waals surface area contributed by atoms with Gasteiger partial charge in [0.15, 0.2) is 0 Å². The molecule has 40 heavy (non-hydrogen) atoms. The number of rotatable bonds is 8. The summed E-state index contributed by atoms with van der Waals surface area (Å²) in [5.41, 5.74) is 6.65. The van der Waals surface area contributed by atoms with Gasteiger partial charge in [0.25, 0.3) is 0 Å². The molecule has 5 rings (SSSR count). The normalized spacial score (nSPS) is 14.2. The number of hydrogen-bond acceptors (Lipinski definition) is 5. The summed E-state index contributed by atoms with van der Waals surface area (Å²) in [7, 11) is 0. The maximum atomic E-state index is 14.1. The van der Waals surface area contributed by atoms with Crippen molar-refractivity contribution < 1.29 is 9.90 Å². The number of benzene rings is 1. The summed E-state index contributed by atoms with van der Waals surface area (Å²) in [6.45, 7) is 7.28. The first-order valence-corrected chi connectivity index (χ1v) is 13.5. The van der Waals surface area contributed by atoms with Gasteiger partial charge in [-0.25, -0.2) is 0 Å². The highest BCUT2D eigenvalue weighted by Crippen LogP contribution is 2.38. The Morgan fingerprint density at radius 3 is 2.55 bits per heavy atom. The Morgan fingerprint density at radius 2 is 1.88 bits per heavy atom. The third-order valence-electron chi connectivity index (χ3n) is 7.37. The van der Waals surface area contributed by atoms with Crippen LogP contribution in [0.15, 0.2) is 67.3 Å². The third kappa shape index (κ3) is 6.83. The SMILES string of the molecule is CCc1ccc(Cn2cc(CN(C(=O)C3CCCc4c(O)cccc43)c3ccc(C(C)C)nc3)cn2)nc1.Cl.Cl. The first kappa shape index (κ1) is 31.1. The highest BCUT2D eigenvalue weighted by Gasteiger charge is 2.32. The van der Waals surface area contributed by atoms with Crippen LogP contribution in [0.5, 0.6) is 5.75 Å². The van der Waals surface area contributed by atoms with Crippen molar-refractivity contribution in [2.24, 2.45) is 0 Å². The topological polar surface area (TPSA) is 84.1 Å². The van der Waals surface area contributed by atoms with E-state index in [1.807, 2.05) is 58.5 Å². The monoisotopic (exact) mass is 581 g/mol. The van der Waals surface area contributed by atoms with Crippen LogP contribution in [-0.2, 0) is 30.7 Å². The van der Waals surface area contributed by atoms with Crippen LogP contribution in [0.4, 0.5) is 5.69 Å². The lowest BCUT2D eigenvalue weighted by Crippen LogP contribution is -2.36. The van der Waals surface area contributed by atoms with Gasteiger partial charge in [-0.3, -0.25) is 19.4 Å². The smallest absolute Gasteiger partial charge is 0.234 e. The summed E-state index contributed by atoms with van der Waals surface area (Å²) in [6, 6.07) is 13.6. The molecule has 0 saturated carbocycles. The van der Waals surface area contributed by atoms with E-state index < -0.39 is 0 Å². The number of amides is 1. The van der Waals surface area contributed by atoms with E-state index in [0.717, 1.165) is 59.4 Å². The molecule has 3 heterocycles. The molecule has 0 aliphatic heterocycles. The number of fused-ring (bicyclic) bond motifs is 1. The van der Waals surface area contributed by atoms with Gasteiger partial charge in [0.2, 0.25) is 5.91 Å². The number of carbonyl (C=O) groups is 1. The predicted molar refractivity (Wildman–Crippen MR) is 163 cm³/mol. The second-order valence-corrected chi connectivity index (χ2v) is 10.4. The number of aromatic hydroxyl groups is 1. The third-order valence-corrected chi connectivity index (χ3v) is 7.37. The largest absolute Gasteiger partial charge is 0.508 e. The van der Waals surface area contributed by atoms with Gasteiger partial charge in [0.1, 0.15) is 5.75 Å². The minimum absolute atomic E-state index is 0. The lowest BCUT2D eigenvalue weighted by molar-refractivity contribution is -0.120. The quantitative estimate of drug-likeness (QED) is 0.253. The Morgan fingerprint density at radius 1 is 1.05 bits per heavy atom. The van der Waals surface area contributed by atoms with Gasteiger partial charge in [0, 0.05) is 23.7 Å². The summed E-state index contributed by atoms with van der Waals surface area (Å²) < 4.78 is 1.86. The van der Waals surface area contributed by atoms with Crippen LogP contribution < -0.4 is 4.90 Å². The number of pyridine rings is 2. The summed E-state index contributed by atoms with van der Waals surface area (Å²) in [6.07, 6.45) is 10.9. The first-order chi connectivity index (χ1) is 18.4. The Kier molecular flexibility index (Phi) is 10.7. The highest BCUT2D eigenvalue weighted by atomic mass is 35.5. The molecule has 9 heteroatoms. The van der Waals surface area contributed by atoms with Crippen molar-refractivity contribution in [1.82, 2.24) is 19.7 Å². The van der Waals surface area contributed by atoms with Crippen molar-refractivity contribution in [3.05, 3.63) is 101 Å². The van der Waals surface area contributed by atoms with E-state index in [2.05, 4.69) is 41.9 Å². The zero-order valence-corrected chi connectivity index (χ0v) is 24.8. The molecule has 212 valence electrons. The van der Waals surface area contributed by atoms with E-state index in [1.165, 1.54) is 5.56 Å². The molecule has 1 N–H and O–H groups in total. The maximum Gasteiger partial charge on any atom is 0.234 e. The number of hydrogen-bond donors (Lipinski definition) is 1. The number of nitrogens with zero attached hydrogens (tertiary/aromatic N) is 5. The van der Waals surface area contributed by atoms with Crippen LogP contribution in [-0.4, -0.2) is 30.8 Å². The van der Waals surface area contributed by atoms with Gasteiger partial charge in [-0.05, 0) is 72.6 Å². The van der Waals surface area contributed by atoms with Crippen LogP contribution in [0.3, 0.4) is 0 Å². The molecule has 1 amide bonds. The van der Waals surface area contributed by atoms with Crippen molar-refractivity contribution in [1.29, 1.82) is 0 Å². The fourth-order valence-electron chi connectivity index (χ4n) is 5.15. The molecular formula is C31H37Cl2N5O2. The Balaban J connectivity index is 0.00000220. The molecule has 1 unspecified atom stereocenters. The zero-order chi connectivity index (χ0) is 26.6. The molecule has 0 radical (unpaired) electrons. The van der Waals surface area contributed by atoms with Crippen molar-refractivity contribution in [2.75, 3.05) is 4.90 Å². The second kappa shape index (κ2) is 13.8. The fourth-order valence-corrected chi connectivity index (χ4v) is 5.15. The summed E-state index contributed by atoms with van der Waals surface area (Å²) in [5.74, 6) is 0.281. The van der Waals surface area contributed by atoms with Gasteiger partial charge in [-0.15, -0.1) is 24.8 Å². The summed E-state index contributed by atoms with van der Waals surface area (Å²) >= 11 is 0. The van der Waals surface area contributed by atoms with Crippen molar-refractivity contribution in [3.8, 4) is 5.75 Å². The number of aromatic nitrogens is 4. The minimum atomic E-state index is -0.313. The lowest BCUT2D eigenvalue weighted by atomic mass is 9.81. The average Bonchev–Trinajstić information content (AvgIpc) is 3.38. The summed E-state index contributed by atoms with van der Waals surface area (Å²) in [4.78, 5) is 25.1. The number of carbonyl (C=O) groups excluding carboxylic acids is 1. The Labute approximate surface area is 248 Å². The Bertz CT molecular complexity index is 1400.